The van der Waals surface area contributed by atoms with Crippen LogP contribution in [0.15, 0.2) is 30.7 Å². The maximum Gasteiger partial charge on any atom is 0.155 e. The third-order valence-corrected chi connectivity index (χ3v) is 4.53. The number of rotatable bonds is 3. The Hall–Kier alpha value is -2.21. The highest BCUT2D eigenvalue weighted by Crippen LogP contribution is 2.27. The predicted molar refractivity (Wildman–Crippen MR) is 84.3 cm³/mol. The Labute approximate surface area is 129 Å². The van der Waals surface area contributed by atoms with Crippen molar-refractivity contribution in [3.63, 3.8) is 0 Å². The number of aryl methyl sites for hydroxylation is 1. The summed E-state index contributed by atoms with van der Waals surface area (Å²) in [5.74, 6) is 1.61. The van der Waals surface area contributed by atoms with Crippen molar-refractivity contribution in [1.82, 2.24) is 29.6 Å². The Morgan fingerprint density at radius 1 is 1.36 bits per heavy atom. The molecule has 3 aromatic rings. The topological polar surface area (TPSA) is 62.6 Å². The van der Waals surface area contributed by atoms with Gasteiger partial charge in [0.1, 0.15) is 5.82 Å². The number of H-pyrrole nitrogens is 1. The molecule has 3 aromatic heterocycles. The third-order valence-electron chi connectivity index (χ3n) is 4.53. The van der Waals surface area contributed by atoms with Crippen LogP contribution in [0.2, 0.25) is 0 Å². The van der Waals surface area contributed by atoms with Gasteiger partial charge in [0.25, 0.3) is 0 Å². The predicted octanol–water partition coefficient (Wildman–Crippen LogP) is 2.07. The monoisotopic (exact) mass is 296 g/mol. The van der Waals surface area contributed by atoms with E-state index in [4.69, 9.17) is 4.98 Å². The first-order chi connectivity index (χ1) is 10.8. The Bertz CT molecular complexity index is 774. The molecule has 0 saturated carbocycles. The summed E-state index contributed by atoms with van der Waals surface area (Å²) >= 11 is 0. The summed E-state index contributed by atoms with van der Waals surface area (Å²) in [6.45, 7) is 3.08. The first-order valence-electron chi connectivity index (χ1n) is 7.78. The summed E-state index contributed by atoms with van der Waals surface area (Å²) < 4.78 is 2.10. The van der Waals surface area contributed by atoms with E-state index >= 15 is 0 Å². The number of hydrogen-bond donors (Lipinski definition) is 1. The molecular weight excluding hydrogens is 276 g/mol. The minimum absolute atomic E-state index is 0.488. The molecule has 1 N–H and O–H groups in total. The van der Waals surface area contributed by atoms with Crippen LogP contribution in [0, 0.1) is 0 Å². The van der Waals surface area contributed by atoms with E-state index in [1.165, 1.54) is 18.5 Å². The number of nitrogens with one attached hydrogen (secondary N) is 1. The van der Waals surface area contributed by atoms with Crippen molar-refractivity contribution in [3.05, 3.63) is 42.2 Å². The van der Waals surface area contributed by atoms with E-state index in [-0.39, 0.29) is 0 Å². The normalized spacial score (nSPS) is 19.8. The van der Waals surface area contributed by atoms with Crippen molar-refractivity contribution >= 4 is 11.0 Å². The number of aromatic amines is 1. The van der Waals surface area contributed by atoms with Gasteiger partial charge in [0.05, 0.1) is 12.7 Å². The fraction of sp³-hybridized carbons (Fsp3) is 0.438. The van der Waals surface area contributed by atoms with Gasteiger partial charge in [0.15, 0.2) is 5.65 Å². The second-order valence-corrected chi connectivity index (χ2v) is 6.07. The molecule has 1 fully saturated rings. The maximum atomic E-state index is 4.74. The Morgan fingerprint density at radius 3 is 3.18 bits per heavy atom. The number of aromatic nitrogens is 5. The van der Waals surface area contributed by atoms with Gasteiger partial charge in [-0.05, 0) is 31.5 Å². The summed E-state index contributed by atoms with van der Waals surface area (Å²) in [7, 11) is 2.05. The highest BCUT2D eigenvalue weighted by atomic mass is 15.2. The van der Waals surface area contributed by atoms with Crippen LogP contribution in [-0.2, 0) is 13.6 Å². The Kier molecular flexibility index (Phi) is 3.38. The summed E-state index contributed by atoms with van der Waals surface area (Å²) in [6.07, 6.45) is 8.09. The van der Waals surface area contributed by atoms with E-state index in [1.807, 2.05) is 18.6 Å². The zero-order valence-electron chi connectivity index (χ0n) is 12.7. The van der Waals surface area contributed by atoms with E-state index in [0.29, 0.717) is 5.92 Å². The van der Waals surface area contributed by atoms with Crippen LogP contribution in [0.5, 0.6) is 0 Å². The third kappa shape index (κ3) is 2.50. The number of imidazole rings is 1. The summed E-state index contributed by atoms with van der Waals surface area (Å²) in [5.41, 5.74) is 2.06. The zero-order valence-corrected chi connectivity index (χ0v) is 12.7. The number of nitrogens with zero attached hydrogens (tertiary/aromatic N) is 5. The minimum Gasteiger partial charge on any atom is -0.337 e. The molecule has 22 heavy (non-hydrogen) atoms. The molecule has 1 atom stereocenters. The van der Waals surface area contributed by atoms with E-state index in [1.54, 1.807) is 0 Å². The van der Waals surface area contributed by atoms with E-state index in [0.717, 1.165) is 36.5 Å². The zero-order chi connectivity index (χ0) is 14.9. The van der Waals surface area contributed by atoms with Crippen molar-refractivity contribution < 1.29 is 0 Å². The first kappa shape index (κ1) is 13.5. The van der Waals surface area contributed by atoms with E-state index in [2.05, 4.69) is 43.8 Å². The fourth-order valence-corrected chi connectivity index (χ4v) is 3.26. The van der Waals surface area contributed by atoms with Gasteiger partial charge in [0, 0.05) is 43.0 Å². The standard InChI is InChI=1S/C16H20N6/c1-21-8-6-17-15(21)11-22-7-2-3-13(10-22)14-5-4-12-9-18-20-16(12)19-14/h4-6,8-9,13H,2-3,7,10-11H2,1H3,(H,18,19,20)/t13-/m0/s1. The van der Waals surface area contributed by atoms with Crippen LogP contribution in [0.4, 0.5) is 0 Å². The molecular formula is C16H20N6. The smallest absolute Gasteiger partial charge is 0.155 e. The summed E-state index contributed by atoms with van der Waals surface area (Å²) in [5, 5.41) is 8.09. The molecule has 4 heterocycles. The molecule has 6 nitrogen and oxygen atoms in total. The molecule has 1 saturated heterocycles. The lowest BCUT2D eigenvalue weighted by molar-refractivity contribution is 0.193. The molecule has 4 rings (SSSR count). The van der Waals surface area contributed by atoms with Crippen LogP contribution in [0.25, 0.3) is 11.0 Å². The largest absolute Gasteiger partial charge is 0.337 e. The molecule has 1 aliphatic rings. The number of likely N-dealkylation sites (tertiary alicyclic amines) is 1. The molecule has 0 bridgehead atoms. The average molecular weight is 296 g/mol. The molecule has 1 aliphatic heterocycles. The second-order valence-electron chi connectivity index (χ2n) is 6.07. The minimum atomic E-state index is 0.488. The molecule has 0 spiro atoms. The molecule has 0 unspecified atom stereocenters. The van der Waals surface area contributed by atoms with Gasteiger partial charge in [-0.3, -0.25) is 10.00 Å². The molecule has 114 valence electrons. The summed E-state index contributed by atoms with van der Waals surface area (Å²) in [6, 6.07) is 4.26. The average Bonchev–Trinajstić information content (AvgIpc) is 3.16. The summed E-state index contributed by atoms with van der Waals surface area (Å²) in [4.78, 5) is 11.7. The lowest BCUT2D eigenvalue weighted by Gasteiger charge is -2.32. The second kappa shape index (κ2) is 5.53. The van der Waals surface area contributed by atoms with Gasteiger partial charge in [0.2, 0.25) is 0 Å². The van der Waals surface area contributed by atoms with Gasteiger partial charge < -0.3 is 4.57 Å². The van der Waals surface area contributed by atoms with E-state index in [9.17, 15) is 0 Å². The van der Waals surface area contributed by atoms with Crippen molar-refractivity contribution in [1.29, 1.82) is 0 Å². The number of piperidine rings is 1. The van der Waals surface area contributed by atoms with Crippen LogP contribution in [0.1, 0.15) is 30.3 Å². The van der Waals surface area contributed by atoms with Gasteiger partial charge in [-0.15, -0.1) is 0 Å². The number of hydrogen-bond acceptors (Lipinski definition) is 4. The van der Waals surface area contributed by atoms with Crippen molar-refractivity contribution in [3.8, 4) is 0 Å². The maximum absolute atomic E-state index is 4.74. The highest BCUT2D eigenvalue weighted by Gasteiger charge is 2.23. The number of pyridine rings is 1. The van der Waals surface area contributed by atoms with Crippen LogP contribution < -0.4 is 0 Å². The molecule has 0 radical (unpaired) electrons. The van der Waals surface area contributed by atoms with Crippen LogP contribution in [0.3, 0.4) is 0 Å². The lowest BCUT2D eigenvalue weighted by atomic mass is 9.94. The van der Waals surface area contributed by atoms with Gasteiger partial charge in [-0.25, -0.2) is 9.97 Å². The quantitative estimate of drug-likeness (QED) is 0.803. The Morgan fingerprint density at radius 2 is 2.32 bits per heavy atom. The van der Waals surface area contributed by atoms with Crippen molar-refractivity contribution in [2.24, 2.45) is 7.05 Å². The SMILES string of the molecule is Cn1ccnc1CN1CCC[C@H](c2ccc3cn[nH]c3n2)C1. The van der Waals surface area contributed by atoms with Gasteiger partial charge in [-0.1, -0.05) is 0 Å². The van der Waals surface area contributed by atoms with Crippen molar-refractivity contribution in [2.75, 3.05) is 13.1 Å². The van der Waals surface area contributed by atoms with E-state index < -0.39 is 0 Å². The van der Waals surface area contributed by atoms with Crippen LogP contribution >= 0.6 is 0 Å². The van der Waals surface area contributed by atoms with Gasteiger partial charge >= 0.3 is 0 Å². The van der Waals surface area contributed by atoms with Crippen molar-refractivity contribution in [2.45, 2.75) is 25.3 Å². The number of fused-ring (bicyclic) bond motifs is 1. The fourth-order valence-electron chi connectivity index (χ4n) is 3.26. The lowest BCUT2D eigenvalue weighted by Crippen LogP contribution is -2.34. The van der Waals surface area contributed by atoms with Crippen LogP contribution in [-0.4, -0.2) is 42.7 Å². The van der Waals surface area contributed by atoms with Gasteiger partial charge in [-0.2, -0.15) is 5.10 Å². The molecule has 0 aliphatic carbocycles. The first-order valence-corrected chi connectivity index (χ1v) is 7.78. The molecule has 0 amide bonds. The molecule has 0 aromatic carbocycles. The highest BCUT2D eigenvalue weighted by molar-refractivity contribution is 5.73. The molecule has 6 heteroatoms. The Balaban J connectivity index is 1.51.